The summed E-state index contributed by atoms with van der Waals surface area (Å²) in [6.45, 7) is 3.77. The molecule has 1 amide bonds. The molecular formula is C21H28ClFN4O2. The minimum Gasteiger partial charge on any atom is -0.395 e. The van der Waals surface area contributed by atoms with Gasteiger partial charge in [0.2, 0.25) is 5.91 Å². The quantitative estimate of drug-likeness (QED) is 0.496. The molecule has 1 aromatic carbocycles. The summed E-state index contributed by atoms with van der Waals surface area (Å²) in [5.74, 6) is -1.14. The molecule has 0 fully saturated rings. The first-order chi connectivity index (χ1) is 13.7. The highest BCUT2D eigenvalue weighted by molar-refractivity contribution is 6.30. The number of carbonyl (C=O) groups is 1. The van der Waals surface area contributed by atoms with Gasteiger partial charge in [0.25, 0.3) is 0 Å². The molecule has 0 saturated heterocycles. The molecule has 1 unspecified atom stereocenters. The first kappa shape index (κ1) is 23.2. The zero-order chi connectivity index (χ0) is 21.6. The molecule has 0 aliphatic rings. The molecule has 0 radical (unpaired) electrons. The number of halogens is 2. The molecule has 1 heterocycles. The molecule has 0 saturated carbocycles. The van der Waals surface area contributed by atoms with Gasteiger partial charge in [0, 0.05) is 22.5 Å². The average molecular weight is 423 g/mol. The van der Waals surface area contributed by atoms with Gasteiger partial charge in [0.15, 0.2) is 0 Å². The number of rotatable bonds is 9. The average Bonchev–Trinajstić information content (AvgIpc) is 2.68. The van der Waals surface area contributed by atoms with Gasteiger partial charge >= 0.3 is 0 Å². The number of anilines is 1. The lowest BCUT2D eigenvalue weighted by Crippen LogP contribution is -2.42. The van der Waals surface area contributed by atoms with Crippen molar-refractivity contribution in [1.82, 2.24) is 4.98 Å². The largest absolute Gasteiger partial charge is 0.395 e. The van der Waals surface area contributed by atoms with Gasteiger partial charge < -0.3 is 21.9 Å². The van der Waals surface area contributed by atoms with E-state index in [-0.39, 0.29) is 36.1 Å². The third kappa shape index (κ3) is 6.21. The highest BCUT2D eigenvalue weighted by atomic mass is 35.5. The van der Waals surface area contributed by atoms with Crippen LogP contribution in [0.3, 0.4) is 0 Å². The van der Waals surface area contributed by atoms with Crippen LogP contribution in [-0.4, -0.2) is 34.7 Å². The van der Waals surface area contributed by atoms with Gasteiger partial charge in [-0.3, -0.25) is 9.78 Å². The first-order valence-electron chi connectivity index (χ1n) is 9.55. The van der Waals surface area contributed by atoms with E-state index in [2.05, 4.69) is 10.3 Å². The summed E-state index contributed by atoms with van der Waals surface area (Å²) in [6.07, 6.45) is 3.09. The van der Waals surface area contributed by atoms with E-state index in [1.165, 1.54) is 6.20 Å². The molecule has 0 bridgehead atoms. The van der Waals surface area contributed by atoms with Gasteiger partial charge in [-0.05, 0) is 36.5 Å². The van der Waals surface area contributed by atoms with Crippen LogP contribution >= 0.6 is 11.6 Å². The van der Waals surface area contributed by atoms with Gasteiger partial charge in [-0.2, -0.15) is 0 Å². The Kier molecular flexibility index (Phi) is 8.52. The molecular weight excluding hydrogens is 395 g/mol. The number of amides is 1. The summed E-state index contributed by atoms with van der Waals surface area (Å²) >= 11 is 5.96. The molecule has 0 aliphatic heterocycles. The third-order valence-corrected chi connectivity index (χ3v) is 5.18. The summed E-state index contributed by atoms with van der Waals surface area (Å²) in [5.41, 5.74) is 13.5. The van der Waals surface area contributed by atoms with Crippen LogP contribution in [0.1, 0.15) is 37.3 Å². The standard InChI is InChI=1S/C21H28ClFN4O2/c1-12(2)19(13-3-5-14(22)6-4-13)20(25)21(29)27-18-10-26-9-17(23)16(18)8-7-15(24)11-28/h3-6,9-10,12,15,19-20,28H,7-8,11,24-25H2,1-2H3,(H,27,29)/t15-,19?,20-/m0/s1. The topological polar surface area (TPSA) is 114 Å². The fourth-order valence-electron chi connectivity index (χ4n) is 3.32. The number of nitrogens with two attached hydrogens (primary N) is 2. The Hall–Kier alpha value is -2.06. The van der Waals surface area contributed by atoms with Gasteiger partial charge in [-0.25, -0.2) is 4.39 Å². The fourth-order valence-corrected chi connectivity index (χ4v) is 3.44. The molecule has 6 N–H and O–H groups in total. The Morgan fingerprint density at radius 3 is 2.48 bits per heavy atom. The van der Waals surface area contributed by atoms with Crippen molar-refractivity contribution in [3.8, 4) is 0 Å². The summed E-state index contributed by atoms with van der Waals surface area (Å²) in [5, 5.41) is 12.4. The first-order valence-corrected chi connectivity index (χ1v) is 9.93. The van der Waals surface area contributed by atoms with Crippen molar-refractivity contribution >= 4 is 23.2 Å². The lowest BCUT2D eigenvalue weighted by Gasteiger charge is -2.27. The van der Waals surface area contributed by atoms with E-state index in [0.29, 0.717) is 11.4 Å². The molecule has 3 atom stereocenters. The van der Waals surface area contributed by atoms with Gasteiger partial charge in [-0.1, -0.05) is 37.6 Å². The van der Waals surface area contributed by atoms with Crippen molar-refractivity contribution in [3.05, 3.63) is 58.6 Å². The molecule has 1 aromatic heterocycles. The van der Waals surface area contributed by atoms with E-state index in [4.69, 9.17) is 28.2 Å². The van der Waals surface area contributed by atoms with Gasteiger partial charge in [0.05, 0.1) is 30.7 Å². The summed E-state index contributed by atoms with van der Waals surface area (Å²) in [7, 11) is 0. The number of carbonyl (C=O) groups excluding carboxylic acids is 1. The summed E-state index contributed by atoms with van der Waals surface area (Å²) in [6, 6.07) is 5.90. The monoisotopic (exact) mass is 422 g/mol. The highest BCUT2D eigenvalue weighted by Gasteiger charge is 2.29. The van der Waals surface area contributed by atoms with Crippen LogP contribution in [0.4, 0.5) is 10.1 Å². The van der Waals surface area contributed by atoms with Crippen molar-refractivity contribution in [2.45, 2.75) is 44.7 Å². The van der Waals surface area contributed by atoms with E-state index < -0.39 is 23.8 Å². The lowest BCUT2D eigenvalue weighted by molar-refractivity contribution is -0.118. The number of aliphatic hydroxyl groups excluding tert-OH is 1. The van der Waals surface area contributed by atoms with Crippen LogP contribution in [0.2, 0.25) is 5.02 Å². The normalized spacial score (nSPS) is 14.5. The molecule has 0 aliphatic carbocycles. The van der Waals surface area contributed by atoms with Crippen LogP contribution in [0.15, 0.2) is 36.7 Å². The van der Waals surface area contributed by atoms with Crippen molar-refractivity contribution in [3.63, 3.8) is 0 Å². The summed E-state index contributed by atoms with van der Waals surface area (Å²) in [4.78, 5) is 16.7. The number of hydrogen-bond acceptors (Lipinski definition) is 5. The maximum atomic E-state index is 14.3. The van der Waals surface area contributed by atoms with E-state index in [1.807, 2.05) is 26.0 Å². The number of aromatic nitrogens is 1. The molecule has 6 nitrogen and oxygen atoms in total. The lowest BCUT2D eigenvalue weighted by atomic mass is 9.82. The molecule has 158 valence electrons. The maximum Gasteiger partial charge on any atom is 0.241 e. The van der Waals surface area contributed by atoms with Crippen molar-refractivity contribution < 1.29 is 14.3 Å². The van der Waals surface area contributed by atoms with Gasteiger partial charge in [0.1, 0.15) is 5.82 Å². The second kappa shape index (κ2) is 10.6. The minimum atomic E-state index is -0.855. The van der Waals surface area contributed by atoms with Crippen LogP contribution in [0.5, 0.6) is 0 Å². The number of nitrogens with zero attached hydrogens (tertiary/aromatic N) is 1. The number of hydrogen-bond donors (Lipinski definition) is 4. The third-order valence-electron chi connectivity index (χ3n) is 4.93. The number of benzene rings is 1. The van der Waals surface area contributed by atoms with Crippen LogP contribution < -0.4 is 16.8 Å². The van der Waals surface area contributed by atoms with E-state index in [1.54, 1.807) is 12.1 Å². The zero-order valence-corrected chi connectivity index (χ0v) is 17.4. The van der Waals surface area contributed by atoms with Crippen LogP contribution in [0, 0.1) is 11.7 Å². The van der Waals surface area contributed by atoms with Gasteiger partial charge in [-0.15, -0.1) is 0 Å². The molecule has 2 aromatic rings. The minimum absolute atomic E-state index is 0.0876. The number of nitrogens with one attached hydrogen (secondary N) is 1. The Balaban J connectivity index is 2.21. The van der Waals surface area contributed by atoms with Crippen molar-refractivity contribution in [1.29, 1.82) is 0 Å². The maximum absolute atomic E-state index is 14.3. The van der Waals surface area contributed by atoms with E-state index >= 15 is 0 Å². The molecule has 2 rings (SSSR count). The second-order valence-corrected chi connectivity index (χ2v) is 7.90. The molecule has 0 spiro atoms. The molecule has 29 heavy (non-hydrogen) atoms. The Bertz CT molecular complexity index is 817. The van der Waals surface area contributed by atoms with E-state index in [0.717, 1.165) is 11.8 Å². The second-order valence-electron chi connectivity index (χ2n) is 7.47. The number of pyridine rings is 1. The van der Waals surface area contributed by atoms with Crippen molar-refractivity contribution in [2.75, 3.05) is 11.9 Å². The highest BCUT2D eigenvalue weighted by Crippen LogP contribution is 2.29. The zero-order valence-electron chi connectivity index (χ0n) is 16.6. The van der Waals surface area contributed by atoms with Crippen molar-refractivity contribution in [2.24, 2.45) is 17.4 Å². The van der Waals surface area contributed by atoms with Crippen LogP contribution in [-0.2, 0) is 11.2 Å². The Morgan fingerprint density at radius 1 is 1.24 bits per heavy atom. The van der Waals surface area contributed by atoms with Crippen LogP contribution in [0.25, 0.3) is 0 Å². The molecule has 8 heteroatoms. The SMILES string of the molecule is CC(C)C(c1ccc(Cl)cc1)[C@H](N)C(=O)Nc1cncc(F)c1CC[C@H](N)CO. The predicted molar refractivity (Wildman–Crippen MR) is 113 cm³/mol. The Labute approximate surface area is 175 Å². The predicted octanol–water partition coefficient (Wildman–Crippen LogP) is 2.83. The smallest absolute Gasteiger partial charge is 0.241 e. The Morgan fingerprint density at radius 2 is 1.90 bits per heavy atom. The fraction of sp³-hybridized carbons (Fsp3) is 0.429. The summed E-state index contributed by atoms with van der Waals surface area (Å²) < 4.78 is 14.3. The number of aliphatic hydroxyl groups is 1. The van der Waals surface area contributed by atoms with E-state index in [9.17, 15) is 9.18 Å².